The first kappa shape index (κ1) is 53.2. The number of hydrogen-bond donors (Lipinski definition) is 0. The van der Waals surface area contributed by atoms with Crippen LogP contribution in [0.1, 0.15) is 25.0 Å². The van der Waals surface area contributed by atoms with Crippen LogP contribution in [0.3, 0.4) is 0 Å². The van der Waals surface area contributed by atoms with E-state index >= 15 is 0 Å². The number of fused-ring (bicyclic) bond motifs is 2. The van der Waals surface area contributed by atoms with Gasteiger partial charge in [-0.25, -0.2) is 29.9 Å². The molecule has 7 heteroatoms. The summed E-state index contributed by atoms with van der Waals surface area (Å²) >= 11 is 0. The summed E-state index contributed by atoms with van der Waals surface area (Å²) in [5.74, 6) is 2.04. The van der Waals surface area contributed by atoms with Crippen LogP contribution < -0.4 is 4.90 Å². The summed E-state index contributed by atoms with van der Waals surface area (Å²) in [6.45, 7) is 4.73. The molecule has 0 atom stereocenters. The zero-order valence-corrected chi connectivity index (χ0v) is 48.6. The van der Waals surface area contributed by atoms with Gasteiger partial charge in [0.15, 0.2) is 17.5 Å². The predicted octanol–water partition coefficient (Wildman–Crippen LogP) is 20.5. The SMILES string of the molecule is CC1(C)c2cc(-c3cccc(-c4cc(-c5ccccc5)nc(-c5ccccc5)n4)c3)ccc2N(c2cccc(-c3cc(-c4ccccc4)nc(-c4ccccc4)n3)c2)c2ccc(-c3cccc(-c4cc(-c5ccccc5)nc(-c5ccccc5)n4)c3)cc21. The lowest BCUT2D eigenvalue weighted by molar-refractivity contribution is 0.632. The highest BCUT2D eigenvalue weighted by Crippen LogP contribution is 2.54. The van der Waals surface area contributed by atoms with Gasteiger partial charge in [0, 0.05) is 61.2 Å². The van der Waals surface area contributed by atoms with E-state index in [9.17, 15) is 0 Å². The second-order valence-corrected chi connectivity index (χ2v) is 22.7. The van der Waals surface area contributed by atoms with Crippen molar-refractivity contribution in [1.82, 2.24) is 29.9 Å². The Hall–Kier alpha value is -11.5. The maximum absolute atomic E-state index is 5.28. The van der Waals surface area contributed by atoms with Gasteiger partial charge >= 0.3 is 0 Å². The van der Waals surface area contributed by atoms with Crippen molar-refractivity contribution in [1.29, 1.82) is 0 Å². The van der Waals surface area contributed by atoms with Crippen LogP contribution in [0.2, 0.25) is 0 Å². The Labute approximate surface area is 512 Å². The molecule has 0 saturated heterocycles. The van der Waals surface area contributed by atoms with Gasteiger partial charge in [0.1, 0.15) is 0 Å². The highest BCUT2D eigenvalue weighted by Gasteiger charge is 2.38. The molecule has 0 bridgehead atoms. The van der Waals surface area contributed by atoms with Crippen LogP contribution in [0.4, 0.5) is 17.1 Å². The Bertz CT molecular complexity index is 4470. The van der Waals surface area contributed by atoms with Crippen molar-refractivity contribution in [3.05, 3.63) is 321 Å². The number of benzene rings is 11. The zero-order chi connectivity index (χ0) is 59.0. The fourth-order valence-electron chi connectivity index (χ4n) is 12.1. The molecular formula is C81H57N7. The highest BCUT2D eigenvalue weighted by molar-refractivity contribution is 5.91. The first-order chi connectivity index (χ1) is 43.3. The second-order valence-electron chi connectivity index (χ2n) is 22.7. The third-order valence-corrected chi connectivity index (χ3v) is 16.7. The molecule has 3 aromatic heterocycles. The van der Waals surface area contributed by atoms with Crippen molar-refractivity contribution in [2.24, 2.45) is 0 Å². The molecule has 14 aromatic rings. The molecule has 1 aliphatic heterocycles. The molecular weight excluding hydrogens is 1070 g/mol. The van der Waals surface area contributed by atoms with E-state index in [2.05, 4.69) is 255 Å². The maximum Gasteiger partial charge on any atom is 0.160 e. The lowest BCUT2D eigenvalue weighted by atomic mass is 9.72. The highest BCUT2D eigenvalue weighted by atomic mass is 15.2. The quantitative estimate of drug-likeness (QED) is 0.121. The van der Waals surface area contributed by atoms with Gasteiger partial charge in [-0.2, -0.15) is 0 Å². The van der Waals surface area contributed by atoms with Crippen LogP contribution >= 0.6 is 0 Å². The van der Waals surface area contributed by atoms with Crippen LogP contribution in [-0.2, 0) is 5.41 Å². The van der Waals surface area contributed by atoms with Crippen molar-refractivity contribution in [2.75, 3.05) is 4.90 Å². The van der Waals surface area contributed by atoms with Gasteiger partial charge in [-0.15, -0.1) is 0 Å². The first-order valence-corrected chi connectivity index (χ1v) is 29.7. The number of aromatic nitrogens is 6. The Morgan fingerprint density at radius 2 is 0.477 bits per heavy atom. The zero-order valence-electron chi connectivity index (χ0n) is 48.6. The van der Waals surface area contributed by atoms with Crippen molar-refractivity contribution >= 4 is 17.1 Å². The molecule has 11 aromatic carbocycles. The van der Waals surface area contributed by atoms with E-state index in [0.717, 1.165) is 124 Å². The molecule has 0 unspecified atom stereocenters. The lowest BCUT2D eigenvalue weighted by Crippen LogP contribution is -2.30. The van der Waals surface area contributed by atoms with Gasteiger partial charge in [0.2, 0.25) is 0 Å². The van der Waals surface area contributed by atoms with Gasteiger partial charge in [-0.05, 0) is 100 Å². The summed E-state index contributed by atoms with van der Waals surface area (Å²) < 4.78 is 0. The minimum Gasteiger partial charge on any atom is -0.310 e. The van der Waals surface area contributed by atoms with Gasteiger partial charge < -0.3 is 4.90 Å². The molecule has 0 saturated carbocycles. The normalized spacial score (nSPS) is 12.3. The summed E-state index contributed by atoms with van der Waals surface area (Å²) in [6, 6.07) is 108. The van der Waals surface area contributed by atoms with E-state index in [1.54, 1.807) is 0 Å². The number of nitrogens with zero attached hydrogens (tertiary/aromatic N) is 7. The fourth-order valence-corrected chi connectivity index (χ4v) is 12.1. The summed E-state index contributed by atoms with van der Waals surface area (Å²) in [5.41, 5.74) is 23.7. The van der Waals surface area contributed by atoms with Crippen molar-refractivity contribution < 1.29 is 0 Å². The molecule has 0 fully saturated rings. The summed E-state index contributed by atoms with van der Waals surface area (Å²) in [4.78, 5) is 33.5. The molecule has 0 amide bonds. The van der Waals surface area contributed by atoms with E-state index in [1.807, 2.05) is 72.8 Å². The summed E-state index contributed by atoms with van der Waals surface area (Å²) in [5, 5.41) is 0. The molecule has 7 nitrogen and oxygen atoms in total. The maximum atomic E-state index is 5.28. The summed E-state index contributed by atoms with van der Waals surface area (Å²) in [6.07, 6.45) is 0. The molecule has 4 heterocycles. The van der Waals surface area contributed by atoms with Crippen LogP contribution in [-0.4, -0.2) is 29.9 Å². The van der Waals surface area contributed by atoms with E-state index in [1.165, 1.54) is 11.1 Å². The predicted molar refractivity (Wildman–Crippen MR) is 360 cm³/mol. The molecule has 15 rings (SSSR count). The molecule has 416 valence electrons. The van der Waals surface area contributed by atoms with E-state index < -0.39 is 5.41 Å². The smallest absolute Gasteiger partial charge is 0.160 e. The Morgan fingerprint density at radius 3 is 0.818 bits per heavy atom. The molecule has 0 spiro atoms. The van der Waals surface area contributed by atoms with Crippen LogP contribution in [0.25, 0.3) is 124 Å². The van der Waals surface area contributed by atoms with Crippen LogP contribution in [0.5, 0.6) is 0 Å². The minimum atomic E-state index is -0.467. The molecule has 0 aliphatic carbocycles. The van der Waals surface area contributed by atoms with E-state index in [-0.39, 0.29) is 0 Å². The standard InChI is InChI=1S/C81H57N7/c1-81(2)68-49-62(60-36-21-38-64(46-60)73-51-70(54-24-9-3-10-25-54)82-78(85-73)57-30-15-6-16-31-57)42-44-76(68)88(67-41-23-40-66(48-67)75-53-72(56-28-13-5-14-29-56)84-80(87-75)59-34-19-8-20-35-59)77-45-43-63(50-69(77)81)61-37-22-39-65(47-61)74-52-71(55-26-11-4-12-27-55)83-79(86-74)58-32-17-7-18-33-58/h3-53H,1-2H3. The molecule has 1 aliphatic rings. The van der Waals surface area contributed by atoms with Crippen LogP contribution in [0.15, 0.2) is 309 Å². The van der Waals surface area contributed by atoms with E-state index in [4.69, 9.17) is 29.9 Å². The van der Waals surface area contributed by atoms with Crippen LogP contribution in [0, 0.1) is 0 Å². The lowest BCUT2D eigenvalue weighted by Gasteiger charge is -2.42. The molecule has 0 N–H and O–H groups in total. The largest absolute Gasteiger partial charge is 0.310 e. The van der Waals surface area contributed by atoms with E-state index in [0.29, 0.717) is 17.5 Å². The monoisotopic (exact) mass is 1130 g/mol. The topological polar surface area (TPSA) is 80.6 Å². The Balaban J connectivity index is 0.869. The molecule has 0 radical (unpaired) electrons. The number of rotatable bonds is 12. The van der Waals surface area contributed by atoms with Crippen molar-refractivity contribution in [3.63, 3.8) is 0 Å². The average molecular weight is 1130 g/mol. The molecule has 88 heavy (non-hydrogen) atoms. The third kappa shape index (κ3) is 10.4. The third-order valence-electron chi connectivity index (χ3n) is 16.7. The van der Waals surface area contributed by atoms with Crippen molar-refractivity contribution in [3.8, 4) is 124 Å². The van der Waals surface area contributed by atoms with Gasteiger partial charge in [-0.1, -0.05) is 257 Å². The fraction of sp³-hybridized carbons (Fsp3) is 0.0370. The van der Waals surface area contributed by atoms with Gasteiger partial charge in [-0.3, -0.25) is 0 Å². The Morgan fingerprint density at radius 1 is 0.216 bits per heavy atom. The number of anilines is 3. The number of hydrogen-bond acceptors (Lipinski definition) is 7. The van der Waals surface area contributed by atoms with Crippen molar-refractivity contribution in [2.45, 2.75) is 19.3 Å². The average Bonchev–Trinajstić information content (AvgIpc) is 1.20. The summed E-state index contributed by atoms with van der Waals surface area (Å²) in [7, 11) is 0. The minimum absolute atomic E-state index is 0.467. The van der Waals surface area contributed by atoms with Gasteiger partial charge in [0.05, 0.1) is 45.5 Å². The first-order valence-electron chi connectivity index (χ1n) is 29.7. The Kier molecular flexibility index (Phi) is 13.8. The second kappa shape index (κ2) is 22.8. The van der Waals surface area contributed by atoms with Gasteiger partial charge in [0.25, 0.3) is 0 Å².